The standard InChI is InChI=1S/C18H23N3O4S/c1-14(22)17-12-15-13-20(9-5-10-21(15)19-17)18(23)8-11-26(24,25)16-6-3-2-4-7-16/h2-4,6-7,12,14,22H,5,8-11,13H2,1H3/t14-/m0/s1. The van der Waals surface area contributed by atoms with Gasteiger partial charge in [0.2, 0.25) is 5.91 Å². The van der Waals surface area contributed by atoms with Crippen molar-refractivity contribution in [3.63, 3.8) is 0 Å². The molecule has 0 fully saturated rings. The second kappa shape index (κ2) is 7.59. The number of hydrogen-bond donors (Lipinski definition) is 1. The third kappa shape index (κ3) is 4.13. The molecule has 2 heterocycles. The van der Waals surface area contributed by atoms with Gasteiger partial charge in [0.15, 0.2) is 9.84 Å². The molecule has 1 aliphatic heterocycles. The number of hydrogen-bond acceptors (Lipinski definition) is 5. The maximum absolute atomic E-state index is 12.6. The SMILES string of the molecule is C[C@H](O)c1cc2n(n1)CCCN(C(=O)CCS(=O)(=O)c1ccccc1)C2. The molecule has 1 amide bonds. The van der Waals surface area contributed by atoms with Gasteiger partial charge in [-0.15, -0.1) is 0 Å². The van der Waals surface area contributed by atoms with Crippen LogP contribution in [0.25, 0.3) is 0 Å². The monoisotopic (exact) mass is 377 g/mol. The van der Waals surface area contributed by atoms with Crippen LogP contribution in [0.15, 0.2) is 41.3 Å². The first kappa shape index (κ1) is 18.6. The van der Waals surface area contributed by atoms with E-state index in [2.05, 4.69) is 5.10 Å². The zero-order valence-electron chi connectivity index (χ0n) is 14.7. The van der Waals surface area contributed by atoms with E-state index in [0.717, 1.165) is 12.1 Å². The number of aromatic nitrogens is 2. The number of aryl methyl sites for hydroxylation is 1. The molecule has 7 nitrogen and oxygen atoms in total. The van der Waals surface area contributed by atoms with Gasteiger partial charge < -0.3 is 10.0 Å². The lowest BCUT2D eigenvalue weighted by Crippen LogP contribution is -2.32. The Morgan fingerprint density at radius 2 is 2.00 bits per heavy atom. The lowest BCUT2D eigenvalue weighted by atomic mass is 10.2. The maximum atomic E-state index is 12.6. The molecule has 0 aliphatic carbocycles. The van der Waals surface area contributed by atoms with Gasteiger partial charge in [-0.1, -0.05) is 18.2 Å². The van der Waals surface area contributed by atoms with Crippen LogP contribution in [0.2, 0.25) is 0 Å². The van der Waals surface area contributed by atoms with E-state index in [-0.39, 0.29) is 23.0 Å². The largest absolute Gasteiger partial charge is 0.387 e. The van der Waals surface area contributed by atoms with Crippen molar-refractivity contribution in [3.8, 4) is 0 Å². The van der Waals surface area contributed by atoms with E-state index in [1.165, 1.54) is 0 Å². The van der Waals surface area contributed by atoms with Crippen molar-refractivity contribution >= 4 is 15.7 Å². The summed E-state index contributed by atoms with van der Waals surface area (Å²) in [6.45, 7) is 3.27. The van der Waals surface area contributed by atoms with Crippen LogP contribution in [-0.2, 0) is 27.7 Å². The second-order valence-corrected chi connectivity index (χ2v) is 8.62. The van der Waals surface area contributed by atoms with Crippen molar-refractivity contribution in [3.05, 3.63) is 47.8 Å². The molecular weight excluding hydrogens is 354 g/mol. The van der Waals surface area contributed by atoms with E-state index in [9.17, 15) is 18.3 Å². The minimum atomic E-state index is -3.47. The van der Waals surface area contributed by atoms with E-state index in [4.69, 9.17) is 0 Å². The Kier molecular flexibility index (Phi) is 5.43. The molecule has 8 heteroatoms. The summed E-state index contributed by atoms with van der Waals surface area (Å²) in [6, 6.07) is 9.99. The number of sulfone groups is 1. The van der Waals surface area contributed by atoms with Gasteiger partial charge in [0, 0.05) is 19.5 Å². The summed E-state index contributed by atoms with van der Waals surface area (Å²) in [7, 11) is -3.47. The molecule has 1 aromatic carbocycles. The van der Waals surface area contributed by atoms with Crippen molar-refractivity contribution in [1.82, 2.24) is 14.7 Å². The number of carbonyl (C=O) groups is 1. The van der Waals surface area contributed by atoms with Crippen molar-refractivity contribution in [2.24, 2.45) is 0 Å². The fourth-order valence-corrected chi connectivity index (χ4v) is 4.28. The van der Waals surface area contributed by atoms with Gasteiger partial charge >= 0.3 is 0 Å². The molecular formula is C18H23N3O4S. The maximum Gasteiger partial charge on any atom is 0.223 e. The number of nitrogens with zero attached hydrogens (tertiary/aromatic N) is 3. The summed E-state index contributed by atoms with van der Waals surface area (Å²) < 4.78 is 26.5. The fourth-order valence-electron chi connectivity index (χ4n) is 3.03. The Morgan fingerprint density at radius 1 is 1.27 bits per heavy atom. The normalized spacial score (nSPS) is 16.0. The summed E-state index contributed by atoms with van der Waals surface area (Å²) in [5.41, 5.74) is 1.44. The number of carbonyl (C=O) groups excluding carboxylic acids is 1. The van der Waals surface area contributed by atoms with Crippen molar-refractivity contribution in [2.75, 3.05) is 12.3 Å². The molecule has 0 saturated carbocycles. The molecule has 2 aromatic rings. The Labute approximate surface area is 153 Å². The number of aliphatic hydroxyl groups excluding tert-OH is 1. The van der Waals surface area contributed by atoms with Gasteiger partial charge in [-0.2, -0.15) is 5.10 Å². The predicted octanol–water partition coefficient (Wildman–Crippen LogP) is 1.53. The van der Waals surface area contributed by atoms with Crippen LogP contribution in [0.3, 0.4) is 0 Å². The van der Waals surface area contributed by atoms with Crippen LogP contribution in [-0.4, -0.2) is 46.4 Å². The van der Waals surface area contributed by atoms with Crippen molar-refractivity contribution in [2.45, 2.75) is 43.9 Å². The van der Waals surface area contributed by atoms with Crippen LogP contribution in [0.1, 0.15) is 37.3 Å². The Morgan fingerprint density at radius 3 is 2.69 bits per heavy atom. The third-order valence-electron chi connectivity index (χ3n) is 4.50. The fraction of sp³-hybridized carbons (Fsp3) is 0.444. The van der Waals surface area contributed by atoms with Crippen molar-refractivity contribution in [1.29, 1.82) is 0 Å². The number of fused-ring (bicyclic) bond motifs is 1. The predicted molar refractivity (Wildman–Crippen MR) is 96.0 cm³/mol. The molecule has 0 bridgehead atoms. The molecule has 1 aliphatic rings. The average molecular weight is 377 g/mol. The van der Waals surface area contributed by atoms with E-state index < -0.39 is 15.9 Å². The Hall–Kier alpha value is -2.19. The van der Waals surface area contributed by atoms with E-state index in [1.54, 1.807) is 48.2 Å². The number of amides is 1. The molecule has 0 radical (unpaired) electrons. The lowest BCUT2D eigenvalue weighted by molar-refractivity contribution is -0.131. The van der Waals surface area contributed by atoms with E-state index in [1.807, 2.05) is 4.68 Å². The summed E-state index contributed by atoms with van der Waals surface area (Å²) >= 11 is 0. The van der Waals surface area contributed by atoms with Crippen LogP contribution < -0.4 is 0 Å². The highest BCUT2D eigenvalue weighted by molar-refractivity contribution is 7.91. The molecule has 1 N–H and O–H groups in total. The summed E-state index contributed by atoms with van der Waals surface area (Å²) in [5.74, 6) is -0.386. The Balaban J connectivity index is 1.66. The van der Waals surface area contributed by atoms with Gasteiger partial charge in [0.1, 0.15) is 0 Å². The molecule has 1 atom stereocenters. The van der Waals surface area contributed by atoms with Gasteiger partial charge in [-0.3, -0.25) is 9.48 Å². The highest BCUT2D eigenvalue weighted by atomic mass is 32.2. The van der Waals surface area contributed by atoms with Gasteiger partial charge in [-0.05, 0) is 31.5 Å². The number of aliphatic hydroxyl groups is 1. The molecule has 140 valence electrons. The molecule has 1 aromatic heterocycles. The summed E-state index contributed by atoms with van der Waals surface area (Å²) in [5, 5.41) is 14.0. The Bertz CT molecular complexity index is 875. The first-order valence-corrected chi connectivity index (χ1v) is 10.3. The molecule has 3 rings (SSSR count). The molecule has 26 heavy (non-hydrogen) atoms. The number of benzene rings is 1. The summed E-state index contributed by atoms with van der Waals surface area (Å²) in [4.78, 5) is 14.5. The van der Waals surface area contributed by atoms with E-state index >= 15 is 0 Å². The van der Waals surface area contributed by atoms with Gasteiger partial charge in [0.25, 0.3) is 0 Å². The topological polar surface area (TPSA) is 92.5 Å². The molecule has 0 spiro atoms. The smallest absolute Gasteiger partial charge is 0.223 e. The van der Waals surface area contributed by atoms with E-state index in [0.29, 0.717) is 25.3 Å². The average Bonchev–Trinajstić information content (AvgIpc) is 2.92. The molecule has 0 saturated heterocycles. The third-order valence-corrected chi connectivity index (χ3v) is 6.23. The van der Waals surface area contributed by atoms with Crippen LogP contribution in [0.5, 0.6) is 0 Å². The minimum Gasteiger partial charge on any atom is -0.387 e. The van der Waals surface area contributed by atoms with Crippen molar-refractivity contribution < 1.29 is 18.3 Å². The summed E-state index contributed by atoms with van der Waals surface area (Å²) in [6.07, 6.45) is 0.0364. The van der Waals surface area contributed by atoms with Crippen LogP contribution >= 0.6 is 0 Å². The van der Waals surface area contributed by atoms with Gasteiger partial charge in [0.05, 0.1) is 34.7 Å². The highest BCUT2D eigenvalue weighted by Gasteiger charge is 2.23. The van der Waals surface area contributed by atoms with Crippen LogP contribution in [0.4, 0.5) is 0 Å². The first-order valence-electron chi connectivity index (χ1n) is 8.67. The zero-order chi connectivity index (χ0) is 18.7. The highest BCUT2D eigenvalue weighted by Crippen LogP contribution is 2.19. The lowest BCUT2D eigenvalue weighted by Gasteiger charge is -2.20. The van der Waals surface area contributed by atoms with Crippen LogP contribution in [0, 0.1) is 0 Å². The second-order valence-electron chi connectivity index (χ2n) is 6.51. The zero-order valence-corrected chi connectivity index (χ0v) is 15.5. The quantitative estimate of drug-likeness (QED) is 0.853. The first-order chi connectivity index (χ1) is 12.4. The van der Waals surface area contributed by atoms with Gasteiger partial charge in [-0.25, -0.2) is 8.42 Å². The minimum absolute atomic E-state index is 0.0470. The number of rotatable bonds is 5. The molecule has 0 unspecified atom stereocenters.